The fraction of sp³-hybridized carbons (Fsp3) is 0.333. The van der Waals surface area contributed by atoms with Gasteiger partial charge in [0.2, 0.25) is 0 Å². The zero-order chi connectivity index (χ0) is 14.0. The highest BCUT2D eigenvalue weighted by Crippen LogP contribution is 2.35. The molecule has 0 aliphatic heterocycles. The van der Waals surface area contributed by atoms with Gasteiger partial charge in [0.1, 0.15) is 11.0 Å². The van der Waals surface area contributed by atoms with Crippen LogP contribution in [0.15, 0.2) is 18.2 Å². The van der Waals surface area contributed by atoms with Crippen LogP contribution in [-0.2, 0) is 12.6 Å². The van der Waals surface area contributed by atoms with Crippen molar-refractivity contribution in [3.8, 4) is 0 Å². The van der Waals surface area contributed by atoms with Crippen LogP contribution in [0.4, 0.5) is 13.2 Å². The lowest BCUT2D eigenvalue weighted by molar-refractivity contribution is -0.136. The van der Waals surface area contributed by atoms with Crippen LogP contribution in [0.1, 0.15) is 11.4 Å². The van der Waals surface area contributed by atoms with Crippen molar-refractivity contribution < 1.29 is 13.2 Å². The van der Waals surface area contributed by atoms with Crippen LogP contribution in [-0.4, -0.2) is 23.6 Å². The van der Waals surface area contributed by atoms with Gasteiger partial charge in [-0.05, 0) is 19.2 Å². The van der Waals surface area contributed by atoms with E-state index >= 15 is 0 Å². The van der Waals surface area contributed by atoms with Gasteiger partial charge in [-0.15, -0.1) is 0 Å². The second-order valence-corrected chi connectivity index (χ2v) is 4.34. The van der Waals surface area contributed by atoms with E-state index in [1.807, 2.05) is 0 Å². The number of hydrogen-bond acceptors (Lipinski definition) is 3. The second-order valence-electron chi connectivity index (χ2n) is 3.98. The minimum Gasteiger partial charge on any atom is -0.319 e. The molecule has 0 aliphatic carbocycles. The lowest BCUT2D eigenvalue weighted by Crippen LogP contribution is -2.13. The molecule has 1 aromatic carbocycles. The van der Waals surface area contributed by atoms with Gasteiger partial charge in [-0.3, -0.25) is 0 Å². The van der Waals surface area contributed by atoms with Crippen LogP contribution >= 0.6 is 11.6 Å². The van der Waals surface area contributed by atoms with Crippen LogP contribution in [0.2, 0.25) is 5.15 Å². The normalized spacial score (nSPS) is 12.1. The minimum absolute atomic E-state index is 0.0437. The van der Waals surface area contributed by atoms with Crippen molar-refractivity contribution in [3.05, 3.63) is 34.7 Å². The molecule has 0 unspecified atom stereocenters. The van der Waals surface area contributed by atoms with Gasteiger partial charge in [0, 0.05) is 18.4 Å². The molecule has 0 saturated carbocycles. The molecule has 0 aliphatic rings. The van der Waals surface area contributed by atoms with Gasteiger partial charge in [-0.25, -0.2) is 9.97 Å². The quantitative estimate of drug-likeness (QED) is 0.883. The number of hydrogen-bond donors (Lipinski definition) is 1. The van der Waals surface area contributed by atoms with E-state index in [0.717, 1.165) is 6.07 Å². The molecule has 0 spiro atoms. The molecule has 102 valence electrons. The molecule has 2 rings (SSSR count). The Hall–Kier alpha value is -1.40. The summed E-state index contributed by atoms with van der Waals surface area (Å²) in [4.78, 5) is 7.99. The molecule has 1 heterocycles. The molecule has 3 nitrogen and oxygen atoms in total. The van der Waals surface area contributed by atoms with Crippen molar-refractivity contribution in [2.45, 2.75) is 12.6 Å². The maximum Gasteiger partial charge on any atom is 0.418 e. The minimum atomic E-state index is -4.46. The summed E-state index contributed by atoms with van der Waals surface area (Å²) >= 11 is 5.92. The molecule has 7 heteroatoms. The van der Waals surface area contributed by atoms with Crippen molar-refractivity contribution >= 4 is 22.5 Å². The van der Waals surface area contributed by atoms with Crippen molar-refractivity contribution in [2.24, 2.45) is 0 Å². The van der Waals surface area contributed by atoms with Gasteiger partial charge in [-0.1, -0.05) is 17.7 Å². The fourth-order valence-electron chi connectivity index (χ4n) is 1.74. The lowest BCUT2D eigenvalue weighted by Gasteiger charge is -2.11. The zero-order valence-electron chi connectivity index (χ0n) is 10.1. The number of alkyl halides is 3. The number of likely N-dealkylation sites (N-methyl/N-ethyl adjacent to an activating group) is 1. The summed E-state index contributed by atoms with van der Waals surface area (Å²) in [5.74, 6) is 0.295. The average Bonchev–Trinajstić information content (AvgIpc) is 2.34. The standard InChI is InChI=1S/C12H11ClF3N3/c1-17-6-5-9-18-10-7(11(13)19-9)3-2-4-8(10)12(14,15)16/h2-4,17H,5-6H2,1H3. The van der Waals surface area contributed by atoms with Gasteiger partial charge in [0.05, 0.1) is 11.1 Å². The number of nitrogens with zero attached hydrogens (tertiary/aromatic N) is 2. The van der Waals surface area contributed by atoms with E-state index in [2.05, 4.69) is 15.3 Å². The third-order valence-electron chi connectivity index (χ3n) is 2.63. The van der Waals surface area contributed by atoms with Gasteiger partial charge in [0.25, 0.3) is 0 Å². The van der Waals surface area contributed by atoms with Crippen LogP contribution < -0.4 is 5.32 Å². The summed E-state index contributed by atoms with van der Waals surface area (Å²) in [5, 5.41) is 3.14. The third kappa shape index (κ3) is 2.96. The van der Waals surface area contributed by atoms with Gasteiger partial charge < -0.3 is 5.32 Å². The molecule has 0 saturated heterocycles. The van der Waals surface area contributed by atoms with Crippen LogP contribution in [0.5, 0.6) is 0 Å². The Balaban J connectivity index is 2.62. The van der Waals surface area contributed by atoms with Gasteiger partial charge in [-0.2, -0.15) is 13.2 Å². The SMILES string of the molecule is CNCCc1nc(Cl)c2cccc(C(F)(F)F)c2n1. The number of aromatic nitrogens is 2. The molecule has 0 bridgehead atoms. The predicted molar refractivity (Wildman–Crippen MR) is 67.2 cm³/mol. The van der Waals surface area contributed by atoms with Crippen molar-refractivity contribution in [1.29, 1.82) is 0 Å². The van der Waals surface area contributed by atoms with Gasteiger partial charge >= 0.3 is 6.18 Å². The maximum absolute atomic E-state index is 12.9. The first-order valence-corrected chi connectivity index (χ1v) is 5.98. The molecule has 0 atom stereocenters. The summed E-state index contributed by atoms with van der Waals surface area (Å²) in [6, 6.07) is 3.77. The maximum atomic E-state index is 12.9. The monoisotopic (exact) mass is 289 g/mol. The van der Waals surface area contributed by atoms with Crippen molar-refractivity contribution in [1.82, 2.24) is 15.3 Å². The zero-order valence-corrected chi connectivity index (χ0v) is 10.8. The Morgan fingerprint density at radius 2 is 2.00 bits per heavy atom. The predicted octanol–water partition coefficient (Wildman–Crippen LogP) is 3.06. The smallest absolute Gasteiger partial charge is 0.319 e. The first-order valence-electron chi connectivity index (χ1n) is 5.60. The number of nitrogens with one attached hydrogen (secondary N) is 1. The Bertz CT molecular complexity index is 599. The second kappa shape index (κ2) is 5.30. The number of halogens is 4. The average molecular weight is 290 g/mol. The van der Waals surface area contributed by atoms with E-state index in [9.17, 15) is 13.2 Å². The number of fused-ring (bicyclic) bond motifs is 1. The largest absolute Gasteiger partial charge is 0.418 e. The topological polar surface area (TPSA) is 37.8 Å². The number of benzene rings is 1. The molecular weight excluding hydrogens is 279 g/mol. The van der Waals surface area contributed by atoms with Crippen molar-refractivity contribution in [2.75, 3.05) is 13.6 Å². The first kappa shape index (κ1) is 14.0. The Kier molecular flexibility index (Phi) is 3.91. The molecule has 19 heavy (non-hydrogen) atoms. The molecule has 0 fully saturated rings. The van der Waals surface area contributed by atoms with Crippen LogP contribution in [0.3, 0.4) is 0 Å². The van der Waals surface area contributed by atoms with E-state index in [1.54, 1.807) is 7.05 Å². The molecule has 1 aromatic heterocycles. The Morgan fingerprint density at radius 3 is 2.63 bits per heavy atom. The highest BCUT2D eigenvalue weighted by Gasteiger charge is 2.33. The fourth-order valence-corrected chi connectivity index (χ4v) is 1.99. The van der Waals surface area contributed by atoms with Crippen molar-refractivity contribution in [3.63, 3.8) is 0 Å². The van der Waals surface area contributed by atoms with E-state index < -0.39 is 11.7 Å². The third-order valence-corrected chi connectivity index (χ3v) is 2.92. The summed E-state index contributed by atoms with van der Waals surface area (Å²) < 4.78 is 38.8. The molecule has 2 aromatic rings. The molecular formula is C12H11ClF3N3. The van der Waals surface area contributed by atoms with E-state index in [4.69, 9.17) is 11.6 Å². The highest BCUT2D eigenvalue weighted by atomic mass is 35.5. The van der Waals surface area contributed by atoms with Gasteiger partial charge in [0.15, 0.2) is 0 Å². The van der Waals surface area contributed by atoms with E-state index in [0.29, 0.717) is 18.8 Å². The first-order chi connectivity index (χ1) is 8.93. The molecule has 1 N–H and O–H groups in total. The Morgan fingerprint density at radius 1 is 1.26 bits per heavy atom. The number of para-hydroxylation sites is 1. The summed E-state index contributed by atoms with van der Waals surface area (Å²) in [5.41, 5.74) is -0.943. The van der Waals surface area contributed by atoms with E-state index in [1.165, 1.54) is 12.1 Å². The summed E-state index contributed by atoms with van der Waals surface area (Å²) in [6.45, 7) is 0.565. The summed E-state index contributed by atoms with van der Waals surface area (Å²) in [7, 11) is 1.74. The van der Waals surface area contributed by atoms with Crippen LogP contribution in [0, 0.1) is 0 Å². The lowest BCUT2D eigenvalue weighted by atomic mass is 10.1. The Labute approximate surface area is 112 Å². The number of rotatable bonds is 3. The molecule has 0 amide bonds. The molecule has 0 radical (unpaired) electrons. The van der Waals surface area contributed by atoms with Crippen LogP contribution in [0.25, 0.3) is 10.9 Å². The summed E-state index contributed by atoms with van der Waals surface area (Å²) in [6.07, 6.45) is -4.05. The van der Waals surface area contributed by atoms with E-state index in [-0.39, 0.29) is 16.1 Å². The highest BCUT2D eigenvalue weighted by molar-refractivity contribution is 6.34.